The van der Waals surface area contributed by atoms with Crippen LogP contribution < -0.4 is 4.74 Å². The summed E-state index contributed by atoms with van der Waals surface area (Å²) in [5.74, 6) is 1.65. The Morgan fingerprint density at radius 2 is 2.16 bits per heavy atom. The molecule has 1 aromatic heterocycles. The third-order valence-electron chi connectivity index (χ3n) is 2.99. The molecular weight excluding hydrogens is 260 g/mol. The van der Waals surface area contributed by atoms with Crippen LogP contribution in [-0.2, 0) is 6.42 Å². The predicted molar refractivity (Wildman–Crippen MR) is 76.8 cm³/mol. The van der Waals surface area contributed by atoms with Crippen molar-refractivity contribution in [3.05, 3.63) is 53.1 Å². The van der Waals surface area contributed by atoms with E-state index in [1.54, 1.807) is 7.11 Å². The quantitative estimate of drug-likeness (QED) is 0.799. The molecular formula is C15H17ClN2O. The molecule has 100 valence electrons. The summed E-state index contributed by atoms with van der Waals surface area (Å²) in [5.41, 5.74) is 3.05. The molecule has 1 aromatic carbocycles. The summed E-state index contributed by atoms with van der Waals surface area (Å²) in [6, 6.07) is 7.93. The van der Waals surface area contributed by atoms with Crippen molar-refractivity contribution in [1.29, 1.82) is 0 Å². The molecule has 0 aliphatic rings. The van der Waals surface area contributed by atoms with Gasteiger partial charge in [0.05, 0.1) is 12.5 Å². The Balaban J connectivity index is 2.21. The molecule has 0 saturated carbocycles. The molecule has 0 N–H and O–H groups in total. The maximum atomic E-state index is 6.06. The van der Waals surface area contributed by atoms with Gasteiger partial charge < -0.3 is 4.74 Å². The molecule has 0 bridgehead atoms. The van der Waals surface area contributed by atoms with Crippen LogP contribution in [0.2, 0.25) is 0 Å². The lowest BCUT2D eigenvalue weighted by molar-refractivity contribution is 0.414. The molecule has 0 aliphatic heterocycles. The monoisotopic (exact) mass is 276 g/mol. The van der Waals surface area contributed by atoms with Crippen LogP contribution in [0.25, 0.3) is 0 Å². The van der Waals surface area contributed by atoms with E-state index in [-0.39, 0.29) is 5.38 Å². The molecule has 0 spiro atoms. The molecule has 0 amide bonds. The Kier molecular flexibility index (Phi) is 4.38. The van der Waals surface area contributed by atoms with Gasteiger partial charge in [0.2, 0.25) is 0 Å². The summed E-state index contributed by atoms with van der Waals surface area (Å²) in [7, 11) is 1.66. The van der Waals surface area contributed by atoms with Gasteiger partial charge in [0.15, 0.2) is 0 Å². The average molecular weight is 277 g/mol. The largest absolute Gasteiger partial charge is 0.497 e. The fraction of sp³-hybridized carbons (Fsp3) is 0.333. The Labute approximate surface area is 118 Å². The number of nitrogens with zero attached hydrogens (tertiary/aromatic N) is 2. The van der Waals surface area contributed by atoms with E-state index in [1.807, 2.05) is 44.3 Å². The number of hydrogen-bond acceptors (Lipinski definition) is 3. The summed E-state index contributed by atoms with van der Waals surface area (Å²) >= 11 is 6.06. The summed E-state index contributed by atoms with van der Waals surface area (Å²) in [6.45, 7) is 3.89. The summed E-state index contributed by atoms with van der Waals surface area (Å²) < 4.78 is 5.21. The van der Waals surface area contributed by atoms with E-state index in [2.05, 4.69) is 9.97 Å². The zero-order valence-electron chi connectivity index (χ0n) is 11.4. The van der Waals surface area contributed by atoms with Crippen molar-refractivity contribution < 1.29 is 4.74 Å². The second-order valence-electron chi connectivity index (χ2n) is 4.47. The maximum Gasteiger partial charge on any atom is 0.132 e. The van der Waals surface area contributed by atoms with Gasteiger partial charge in [-0.15, -0.1) is 11.6 Å². The number of rotatable bonds is 4. The van der Waals surface area contributed by atoms with E-state index in [1.165, 1.54) is 0 Å². The Bertz CT molecular complexity index is 570. The molecule has 1 heterocycles. The van der Waals surface area contributed by atoms with Crippen LogP contribution in [0.5, 0.6) is 5.75 Å². The van der Waals surface area contributed by atoms with Gasteiger partial charge in [-0.05, 0) is 31.5 Å². The highest BCUT2D eigenvalue weighted by molar-refractivity contribution is 6.20. The van der Waals surface area contributed by atoms with Crippen LogP contribution in [0.15, 0.2) is 30.5 Å². The smallest absolute Gasteiger partial charge is 0.132 e. The van der Waals surface area contributed by atoms with Crippen molar-refractivity contribution in [1.82, 2.24) is 9.97 Å². The van der Waals surface area contributed by atoms with Gasteiger partial charge in [-0.3, -0.25) is 0 Å². The minimum Gasteiger partial charge on any atom is -0.497 e. The molecule has 0 radical (unpaired) electrons. The first kappa shape index (κ1) is 13.8. The molecule has 2 aromatic rings. The molecule has 0 aliphatic carbocycles. The molecule has 0 saturated heterocycles. The highest BCUT2D eigenvalue weighted by Gasteiger charge is 2.09. The highest BCUT2D eigenvalue weighted by Crippen LogP contribution is 2.21. The Hall–Kier alpha value is -1.61. The standard InChI is InChI=1S/C15H17ClN2O/c1-10(16)14-9-17-15(18-11(14)2)8-12-5-4-6-13(7-12)19-3/h4-7,9-10H,8H2,1-3H3. The molecule has 3 nitrogen and oxygen atoms in total. The number of hydrogen-bond donors (Lipinski definition) is 0. The molecule has 1 unspecified atom stereocenters. The summed E-state index contributed by atoms with van der Waals surface area (Å²) in [6.07, 6.45) is 2.50. The second kappa shape index (κ2) is 6.02. The third-order valence-corrected chi connectivity index (χ3v) is 3.23. The maximum absolute atomic E-state index is 6.06. The van der Waals surface area contributed by atoms with E-state index in [9.17, 15) is 0 Å². The zero-order valence-corrected chi connectivity index (χ0v) is 12.1. The normalized spacial score (nSPS) is 12.2. The molecule has 2 rings (SSSR count). The topological polar surface area (TPSA) is 35.0 Å². The van der Waals surface area contributed by atoms with Crippen LogP contribution in [0, 0.1) is 6.92 Å². The lowest BCUT2D eigenvalue weighted by Gasteiger charge is -2.09. The number of aryl methyl sites for hydroxylation is 1. The van der Waals surface area contributed by atoms with Gasteiger partial charge in [0.25, 0.3) is 0 Å². The Morgan fingerprint density at radius 1 is 1.37 bits per heavy atom. The van der Waals surface area contributed by atoms with Crippen molar-refractivity contribution in [3.8, 4) is 5.75 Å². The molecule has 19 heavy (non-hydrogen) atoms. The van der Waals surface area contributed by atoms with Crippen molar-refractivity contribution >= 4 is 11.6 Å². The summed E-state index contributed by atoms with van der Waals surface area (Å²) in [5, 5.41) is -0.0640. The number of halogens is 1. The minimum absolute atomic E-state index is 0.0640. The van der Waals surface area contributed by atoms with E-state index in [0.29, 0.717) is 6.42 Å². The van der Waals surface area contributed by atoms with E-state index < -0.39 is 0 Å². The van der Waals surface area contributed by atoms with Gasteiger partial charge in [-0.1, -0.05) is 12.1 Å². The SMILES string of the molecule is COc1cccc(Cc2ncc(C(C)Cl)c(C)n2)c1. The first-order chi connectivity index (χ1) is 9.10. The Morgan fingerprint density at radius 3 is 2.79 bits per heavy atom. The predicted octanol–water partition coefficient (Wildman–Crippen LogP) is 3.68. The van der Waals surface area contributed by atoms with Crippen molar-refractivity contribution in [2.45, 2.75) is 25.6 Å². The number of ether oxygens (including phenoxy) is 1. The average Bonchev–Trinajstić information content (AvgIpc) is 2.38. The van der Waals surface area contributed by atoms with Gasteiger partial charge in [-0.2, -0.15) is 0 Å². The second-order valence-corrected chi connectivity index (χ2v) is 5.13. The van der Waals surface area contributed by atoms with Crippen LogP contribution >= 0.6 is 11.6 Å². The van der Waals surface area contributed by atoms with Crippen LogP contribution in [-0.4, -0.2) is 17.1 Å². The zero-order chi connectivity index (χ0) is 13.8. The fourth-order valence-corrected chi connectivity index (χ4v) is 2.18. The minimum atomic E-state index is -0.0640. The van der Waals surface area contributed by atoms with Gasteiger partial charge in [0, 0.05) is 23.9 Å². The number of aromatic nitrogens is 2. The van der Waals surface area contributed by atoms with Gasteiger partial charge >= 0.3 is 0 Å². The third kappa shape index (κ3) is 3.44. The first-order valence-corrected chi connectivity index (χ1v) is 6.63. The van der Waals surface area contributed by atoms with E-state index in [0.717, 1.165) is 28.4 Å². The number of alkyl halides is 1. The molecule has 0 fully saturated rings. The van der Waals surface area contributed by atoms with E-state index >= 15 is 0 Å². The number of benzene rings is 1. The molecule has 1 atom stereocenters. The van der Waals surface area contributed by atoms with Gasteiger partial charge in [0.1, 0.15) is 11.6 Å². The van der Waals surface area contributed by atoms with E-state index in [4.69, 9.17) is 16.3 Å². The van der Waals surface area contributed by atoms with Crippen LogP contribution in [0.1, 0.15) is 34.9 Å². The van der Waals surface area contributed by atoms with Crippen LogP contribution in [0.4, 0.5) is 0 Å². The van der Waals surface area contributed by atoms with Crippen molar-refractivity contribution in [2.24, 2.45) is 0 Å². The van der Waals surface area contributed by atoms with Crippen molar-refractivity contribution in [3.63, 3.8) is 0 Å². The molecule has 4 heteroatoms. The lowest BCUT2D eigenvalue weighted by atomic mass is 10.1. The first-order valence-electron chi connectivity index (χ1n) is 6.19. The van der Waals surface area contributed by atoms with Crippen molar-refractivity contribution in [2.75, 3.05) is 7.11 Å². The fourth-order valence-electron chi connectivity index (χ4n) is 1.97. The lowest BCUT2D eigenvalue weighted by Crippen LogP contribution is -2.02. The van der Waals surface area contributed by atoms with Gasteiger partial charge in [-0.25, -0.2) is 9.97 Å². The van der Waals surface area contributed by atoms with Crippen LogP contribution in [0.3, 0.4) is 0 Å². The summed E-state index contributed by atoms with van der Waals surface area (Å²) in [4.78, 5) is 8.88. The number of methoxy groups -OCH3 is 1. The highest BCUT2D eigenvalue weighted by atomic mass is 35.5.